The highest BCUT2D eigenvalue weighted by Crippen LogP contribution is 2.38. The van der Waals surface area contributed by atoms with E-state index >= 15 is 0 Å². The van der Waals surface area contributed by atoms with Crippen LogP contribution in [0.15, 0.2) is 24.3 Å². The Labute approximate surface area is 85.5 Å². The smallest absolute Gasteiger partial charge is 0.376 e. The van der Waals surface area contributed by atoms with Crippen LogP contribution in [0.25, 0.3) is 0 Å². The summed E-state index contributed by atoms with van der Waals surface area (Å²) in [6.07, 6.45) is -4.70. The minimum Gasteiger partial charge on any atom is -0.376 e. The molecule has 0 heterocycles. The Hall–Kier alpha value is -1.07. The number of hydrogen-bond donors (Lipinski definition) is 1. The second-order valence-electron chi connectivity index (χ2n) is 3.44. The van der Waals surface area contributed by atoms with Crippen LogP contribution in [0.4, 0.5) is 13.2 Å². The molecule has 2 nitrogen and oxygen atoms in total. The van der Waals surface area contributed by atoms with Crippen LogP contribution in [0, 0.1) is 0 Å². The fourth-order valence-corrected chi connectivity index (χ4v) is 1.11. The van der Waals surface area contributed by atoms with Gasteiger partial charge in [0.15, 0.2) is 5.60 Å². The van der Waals surface area contributed by atoms with E-state index in [0.29, 0.717) is 12.5 Å². The number of hydrogen-bond acceptors (Lipinski definition) is 1. The molecular formula is C10H11F3NO. The van der Waals surface area contributed by atoms with E-state index in [1.54, 1.807) is 0 Å². The molecule has 0 saturated carbocycles. The number of aliphatic hydroxyl groups is 1. The van der Waals surface area contributed by atoms with Gasteiger partial charge in [0.1, 0.15) is 0 Å². The van der Waals surface area contributed by atoms with Crippen LogP contribution in [0.1, 0.15) is 18.1 Å². The average molecular weight is 218 g/mol. The van der Waals surface area contributed by atoms with Crippen molar-refractivity contribution in [2.45, 2.75) is 25.2 Å². The standard InChI is InChI=1S/C10H11F3NO/c1-9(15,10(11,12)13)8-4-2-7(6-14)3-5-8/h2-5,14-15H,6H2,1H3. The van der Waals surface area contributed by atoms with Gasteiger partial charge in [0.25, 0.3) is 0 Å². The van der Waals surface area contributed by atoms with Crippen molar-refractivity contribution >= 4 is 0 Å². The van der Waals surface area contributed by atoms with Gasteiger partial charge in [-0.3, -0.25) is 5.73 Å². The number of rotatable bonds is 2. The molecule has 1 aromatic rings. The predicted octanol–water partition coefficient (Wildman–Crippen LogP) is 2.24. The zero-order chi connectivity index (χ0) is 11.7. The molecule has 0 bridgehead atoms. The van der Waals surface area contributed by atoms with Gasteiger partial charge in [0, 0.05) is 6.54 Å². The van der Waals surface area contributed by atoms with Crippen LogP contribution < -0.4 is 5.73 Å². The highest BCUT2D eigenvalue weighted by molar-refractivity contribution is 5.27. The molecular weight excluding hydrogens is 207 g/mol. The van der Waals surface area contributed by atoms with Crippen LogP contribution in [-0.4, -0.2) is 11.3 Å². The van der Waals surface area contributed by atoms with Crippen molar-refractivity contribution in [3.05, 3.63) is 35.4 Å². The molecule has 1 aromatic carbocycles. The summed E-state index contributed by atoms with van der Waals surface area (Å²) in [5.74, 6) is 0. The van der Waals surface area contributed by atoms with Crippen molar-refractivity contribution in [2.75, 3.05) is 0 Å². The first-order valence-electron chi connectivity index (χ1n) is 4.32. The summed E-state index contributed by atoms with van der Waals surface area (Å²) in [5, 5.41) is 9.31. The SMILES string of the molecule is CC(O)(c1ccc(C[NH])cc1)C(F)(F)F. The zero-order valence-corrected chi connectivity index (χ0v) is 8.10. The molecule has 0 aliphatic heterocycles. The van der Waals surface area contributed by atoms with E-state index in [0.717, 1.165) is 0 Å². The maximum Gasteiger partial charge on any atom is 0.421 e. The third-order valence-corrected chi connectivity index (χ3v) is 2.27. The Balaban J connectivity index is 3.06. The molecule has 0 aliphatic carbocycles. The summed E-state index contributed by atoms with van der Waals surface area (Å²) in [4.78, 5) is 0. The maximum absolute atomic E-state index is 12.4. The lowest BCUT2D eigenvalue weighted by Crippen LogP contribution is -2.39. The molecule has 0 saturated heterocycles. The number of benzene rings is 1. The van der Waals surface area contributed by atoms with Gasteiger partial charge in [-0.05, 0) is 18.1 Å². The minimum atomic E-state index is -4.70. The minimum absolute atomic E-state index is 0.00837. The van der Waals surface area contributed by atoms with Crippen molar-refractivity contribution in [1.29, 1.82) is 0 Å². The normalized spacial score (nSPS) is 16.1. The second-order valence-corrected chi connectivity index (χ2v) is 3.44. The first-order valence-corrected chi connectivity index (χ1v) is 4.32. The molecule has 5 heteroatoms. The average Bonchev–Trinajstić information content (AvgIpc) is 2.16. The first-order chi connectivity index (χ1) is 6.79. The van der Waals surface area contributed by atoms with Crippen molar-refractivity contribution in [1.82, 2.24) is 5.73 Å². The Morgan fingerprint density at radius 2 is 1.67 bits per heavy atom. The van der Waals surface area contributed by atoms with E-state index in [-0.39, 0.29) is 12.1 Å². The molecule has 83 valence electrons. The molecule has 1 atom stereocenters. The summed E-state index contributed by atoms with van der Waals surface area (Å²) in [6, 6.07) is 5.19. The third kappa shape index (κ3) is 2.30. The number of alkyl halides is 3. The van der Waals surface area contributed by atoms with Gasteiger partial charge in [-0.15, -0.1) is 0 Å². The topological polar surface area (TPSA) is 44.0 Å². The van der Waals surface area contributed by atoms with E-state index in [2.05, 4.69) is 0 Å². The molecule has 1 unspecified atom stereocenters. The van der Waals surface area contributed by atoms with Crippen molar-refractivity contribution in [3.8, 4) is 0 Å². The van der Waals surface area contributed by atoms with Gasteiger partial charge in [0.2, 0.25) is 0 Å². The Bertz CT molecular complexity index is 330. The molecule has 1 rings (SSSR count). The van der Waals surface area contributed by atoms with E-state index < -0.39 is 11.8 Å². The van der Waals surface area contributed by atoms with E-state index in [4.69, 9.17) is 5.73 Å². The maximum atomic E-state index is 12.4. The first kappa shape index (κ1) is 12.0. The highest BCUT2D eigenvalue weighted by atomic mass is 19.4. The zero-order valence-electron chi connectivity index (χ0n) is 8.10. The predicted molar refractivity (Wildman–Crippen MR) is 48.9 cm³/mol. The largest absolute Gasteiger partial charge is 0.421 e. The van der Waals surface area contributed by atoms with Gasteiger partial charge in [-0.2, -0.15) is 13.2 Å². The van der Waals surface area contributed by atoms with Gasteiger partial charge < -0.3 is 5.11 Å². The third-order valence-electron chi connectivity index (χ3n) is 2.27. The second kappa shape index (κ2) is 3.83. The van der Waals surface area contributed by atoms with E-state index in [9.17, 15) is 18.3 Å². The lowest BCUT2D eigenvalue weighted by Gasteiger charge is -2.26. The molecule has 0 fully saturated rings. The van der Waals surface area contributed by atoms with Crippen LogP contribution in [0.5, 0.6) is 0 Å². The van der Waals surface area contributed by atoms with Crippen LogP contribution >= 0.6 is 0 Å². The van der Waals surface area contributed by atoms with Crippen LogP contribution in [-0.2, 0) is 12.1 Å². The number of nitrogens with one attached hydrogen (secondary N) is 1. The summed E-state index contributed by atoms with van der Waals surface area (Å²) in [5.41, 5.74) is 4.56. The summed E-state index contributed by atoms with van der Waals surface area (Å²) in [7, 11) is 0. The molecule has 0 amide bonds. The summed E-state index contributed by atoms with van der Waals surface area (Å²) < 4.78 is 37.2. The van der Waals surface area contributed by atoms with Crippen LogP contribution in [0.2, 0.25) is 0 Å². The molecule has 15 heavy (non-hydrogen) atoms. The van der Waals surface area contributed by atoms with Gasteiger partial charge in [0.05, 0.1) is 0 Å². The van der Waals surface area contributed by atoms with Crippen molar-refractivity contribution < 1.29 is 18.3 Å². The lowest BCUT2D eigenvalue weighted by atomic mass is 9.94. The van der Waals surface area contributed by atoms with Gasteiger partial charge in [-0.1, -0.05) is 24.3 Å². The summed E-state index contributed by atoms with van der Waals surface area (Å²) >= 11 is 0. The Morgan fingerprint density at radius 1 is 1.20 bits per heavy atom. The number of halogens is 3. The van der Waals surface area contributed by atoms with Crippen molar-refractivity contribution in [3.63, 3.8) is 0 Å². The highest BCUT2D eigenvalue weighted by Gasteiger charge is 2.50. The summed E-state index contributed by atoms with van der Waals surface area (Å²) in [6.45, 7) is 0.719. The van der Waals surface area contributed by atoms with E-state index in [1.165, 1.54) is 24.3 Å². The quantitative estimate of drug-likeness (QED) is 0.812. The molecule has 1 radical (unpaired) electrons. The Morgan fingerprint density at radius 3 is 2.00 bits per heavy atom. The van der Waals surface area contributed by atoms with E-state index in [1.807, 2.05) is 0 Å². The van der Waals surface area contributed by atoms with Crippen LogP contribution in [0.3, 0.4) is 0 Å². The molecule has 0 aliphatic rings. The monoisotopic (exact) mass is 218 g/mol. The molecule has 0 spiro atoms. The fraction of sp³-hybridized carbons (Fsp3) is 0.400. The van der Waals surface area contributed by atoms with Gasteiger partial charge >= 0.3 is 6.18 Å². The lowest BCUT2D eigenvalue weighted by molar-refractivity contribution is -0.258. The fourth-order valence-electron chi connectivity index (χ4n) is 1.11. The van der Waals surface area contributed by atoms with Gasteiger partial charge in [-0.25, -0.2) is 0 Å². The molecule has 0 aromatic heterocycles. The molecule has 2 N–H and O–H groups in total. The Kier molecular flexibility index (Phi) is 3.06. The van der Waals surface area contributed by atoms with Crippen molar-refractivity contribution in [2.24, 2.45) is 0 Å².